The number of nitrogens with one attached hydrogen (secondary N) is 2. The van der Waals surface area contributed by atoms with Gasteiger partial charge in [-0.25, -0.2) is 4.79 Å². The van der Waals surface area contributed by atoms with E-state index in [9.17, 15) is 20.1 Å². The molecular formula is C32H27ClN4O4. The number of rotatable bonds is 3. The summed E-state index contributed by atoms with van der Waals surface area (Å²) in [5.41, 5.74) is 5.88. The predicted molar refractivity (Wildman–Crippen MR) is 157 cm³/mol. The van der Waals surface area contributed by atoms with E-state index in [2.05, 4.69) is 16.7 Å². The van der Waals surface area contributed by atoms with Crippen LogP contribution in [0.5, 0.6) is 0 Å². The first-order valence-corrected chi connectivity index (χ1v) is 13.6. The molecule has 9 heteroatoms. The lowest BCUT2D eigenvalue weighted by Gasteiger charge is -2.20. The summed E-state index contributed by atoms with van der Waals surface area (Å²) in [4.78, 5) is 24.6. The molecule has 206 valence electrons. The number of hydrogen-bond donors (Lipinski definition) is 2. The van der Waals surface area contributed by atoms with Crippen LogP contribution in [0.15, 0.2) is 79.0 Å². The van der Waals surface area contributed by atoms with Crippen LogP contribution in [0, 0.1) is 16.5 Å². The molecule has 2 bridgehead atoms. The van der Waals surface area contributed by atoms with E-state index in [1.165, 1.54) is 13.3 Å². The molecule has 0 fully saturated rings. The van der Waals surface area contributed by atoms with Crippen LogP contribution in [0.1, 0.15) is 48.4 Å². The molecule has 0 aliphatic carbocycles. The predicted octanol–water partition coefficient (Wildman–Crippen LogP) is 7.00. The highest BCUT2D eigenvalue weighted by atomic mass is 35.5. The van der Waals surface area contributed by atoms with Gasteiger partial charge in [-0.3, -0.25) is 10.1 Å². The zero-order chi connectivity index (χ0) is 28.9. The van der Waals surface area contributed by atoms with E-state index >= 15 is 0 Å². The molecule has 0 radical (unpaired) electrons. The highest BCUT2D eigenvalue weighted by Crippen LogP contribution is 2.36. The molecule has 2 amide bonds. The molecule has 0 saturated carbocycles. The standard InChI is InChI=1S/C32H27ClN4O4/c1-41-32(39)35-25-12-13-26-20-5-4-6-21(15-20)27(7-2-3-8-31(38)36-29(26)17-25)30-14-10-23(19-37(30)40)28-16-24(33)11-9-22(28)18-34/h4-6,9-17,19,27H,2-3,7-8H2,1H3,(H,35,39)(H,36,38)/t27-/m0/s1. The van der Waals surface area contributed by atoms with Gasteiger partial charge in [-0.15, -0.1) is 0 Å². The van der Waals surface area contributed by atoms with Crippen molar-refractivity contribution in [2.24, 2.45) is 0 Å². The van der Waals surface area contributed by atoms with Crippen LogP contribution >= 0.6 is 11.6 Å². The highest BCUT2D eigenvalue weighted by Gasteiger charge is 2.24. The van der Waals surface area contributed by atoms with Gasteiger partial charge in [0.15, 0.2) is 11.9 Å². The van der Waals surface area contributed by atoms with Gasteiger partial charge < -0.3 is 15.3 Å². The van der Waals surface area contributed by atoms with Gasteiger partial charge in [0.25, 0.3) is 0 Å². The number of methoxy groups -OCH3 is 1. The second-order valence-corrected chi connectivity index (χ2v) is 10.3. The number of pyridine rings is 1. The Labute approximate surface area is 242 Å². The van der Waals surface area contributed by atoms with Crippen LogP contribution < -0.4 is 15.4 Å². The van der Waals surface area contributed by atoms with Crippen LogP contribution in [0.2, 0.25) is 5.02 Å². The van der Waals surface area contributed by atoms with Crippen molar-refractivity contribution < 1.29 is 19.1 Å². The Morgan fingerprint density at radius 3 is 2.71 bits per heavy atom. The largest absolute Gasteiger partial charge is 0.618 e. The number of carbonyl (C=O) groups is 2. The minimum absolute atomic E-state index is 0.132. The average molecular weight is 567 g/mol. The lowest BCUT2D eigenvalue weighted by Crippen LogP contribution is -2.33. The number of hydrogen-bond acceptors (Lipinski definition) is 5. The zero-order valence-electron chi connectivity index (χ0n) is 22.3. The molecule has 0 saturated heterocycles. The van der Waals surface area contributed by atoms with Gasteiger partial charge in [0, 0.05) is 39.9 Å². The van der Waals surface area contributed by atoms with Crippen molar-refractivity contribution in [2.75, 3.05) is 17.7 Å². The van der Waals surface area contributed by atoms with Crippen LogP contribution in [0.3, 0.4) is 0 Å². The molecule has 0 unspecified atom stereocenters. The fourth-order valence-electron chi connectivity index (χ4n) is 5.18. The third kappa shape index (κ3) is 6.16. The molecule has 2 heterocycles. The Bertz CT molecular complexity index is 1680. The fraction of sp³-hybridized carbons (Fsp3) is 0.188. The number of anilines is 2. The fourth-order valence-corrected chi connectivity index (χ4v) is 5.35. The molecular weight excluding hydrogens is 540 g/mol. The number of benzene rings is 3. The number of ether oxygens (including phenoxy) is 1. The number of carbonyl (C=O) groups excluding carboxylic acids is 2. The minimum Gasteiger partial charge on any atom is -0.618 e. The van der Waals surface area contributed by atoms with E-state index < -0.39 is 6.09 Å². The van der Waals surface area contributed by atoms with Gasteiger partial charge in [-0.05, 0) is 60.4 Å². The molecule has 2 N–H and O–H groups in total. The van der Waals surface area contributed by atoms with Gasteiger partial charge >= 0.3 is 6.09 Å². The average Bonchev–Trinajstić information content (AvgIpc) is 2.97. The number of fused-ring (bicyclic) bond motifs is 4. The monoisotopic (exact) mass is 566 g/mol. The summed E-state index contributed by atoms with van der Waals surface area (Å²) < 4.78 is 5.56. The zero-order valence-corrected chi connectivity index (χ0v) is 23.1. The molecule has 1 aliphatic heterocycles. The maximum atomic E-state index is 13.5. The van der Waals surface area contributed by atoms with Crippen molar-refractivity contribution in [1.29, 1.82) is 5.26 Å². The third-order valence-electron chi connectivity index (χ3n) is 7.19. The summed E-state index contributed by atoms with van der Waals surface area (Å²) in [5, 5.41) is 29.1. The van der Waals surface area contributed by atoms with Crippen LogP contribution in [-0.2, 0) is 9.53 Å². The van der Waals surface area contributed by atoms with E-state index in [0.717, 1.165) is 27.8 Å². The van der Waals surface area contributed by atoms with Crippen molar-refractivity contribution >= 4 is 35.0 Å². The SMILES string of the molecule is COC(=O)Nc1ccc2c(c1)NC(=O)CCCC[C@H](c1ccc(-c3cc(Cl)ccc3C#N)c[n+]1[O-])c1cccc-2c1. The van der Waals surface area contributed by atoms with Crippen molar-refractivity contribution in [3.63, 3.8) is 0 Å². The Hall–Kier alpha value is -4.87. The number of amides is 2. The summed E-state index contributed by atoms with van der Waals surface area (Å²) in [6.07, 6.45) is 3.24. The quantitative estimate of drug-likeness (QED) is 0.204. The van der Waals surface area contributed by atoms with Gasteiger partial charge in [-0.2, -0.15) is 9.99 Å². The van der Waals surface area contributed by atoms with E-state index in [0.29, 0.717) is 58.0 Å². The molecule has 5 rings (SSSR count). The first-order chi connectivity index (χ1) is 19.9. The van der Waals surface area contributed by atoms with Gasteiger partial charge in [-0.1, -0.05) is 48.4 Å². The smallest absolute Gasteiger partial charge is 0.411 e. The number of aromatic nitrogens is 1. The first-order valence-electron chi connectivity index (χ1n) is 13.2. The summed E-state index contributed by atoms with van der Waals surface area (Å²) in [6.45, 7) is 0. The van der Waals surface area contributed by atoms with Gasteiger partial charge in [0.1, 0.15) is 0 Å². The summed E-state index contributed by atoms with van der Waals surface area (Å²) in [7, 11) is 1.28. The van der Waals surface area contributed by atoms with Crippen molar-refractivity contribution in [3.05, 3.63) is 106 Å². The summed E-state index contributed by atoms with van der Waals surface area (Å²) >= 11 is 6.18. The molecule has 1 atom stereocenters. The minimum atomic E-state index is -0.606. The lowest BCUT2D eigenvalue weighted by atomic mass is 9.87. The highest BCUT2D eigenvalue weighted by molar-refractivity contribution is 6.30. The number of nitrogens with zero attached hydrogens (tertiary/aromatic N) is 2. The molecule has 41 heavy (non-hydrogen) atoms. The second kappa shape index (κ2) is 12.1. The summed E-state index contributed by atoms with van der Waals surface area (Å²) in [5.74, 6) is -0.352. The topological polar surface area (TPSA) is 118 Å². The third-order valence-corrected chi connectivity index (χ3v) is 7.42. The maximum absolute atomic E-state index is 13.5. The second-order valence-electron chi connectivity index (χ2n) is 9.82. The first kappa shape index (κ1) is 27.7. The van der Waals surface area contributed by atoms with Crippen LogP contribution in [0.4, 0.5) is 16.2 Å². The van der Waals surface area contributed by atoms with E-state index in [1.54, 1.807) is 36.4 Å². The Morgan fingerprint density at radius 2 is 1.93 bits per heavy atom. The lowest BCUT2D eigenvalue weighted by molar-refractivity contribution is -0.614. The molecule has 8 nitrogen and oxygen atoms in total. The number of halogens is 1. The Balaban J connectivity index is 1.56. The van der Waals surface area contributed by atoms with Crippen LogP contribution in [-0.4, -0.2) is 19.1 Å². The molecule has 0 spiro atoms. The maximum Gasteiger partial charge on any atom is 0.411 e. The van der Waals surface area contributed by atoms with E-state index in [1.807, 2.05) is 36.4 Å². The van der Waals surface area contributed by atoms with Crippen molar-refractivity contribution in [3.8, 4) is 28.3 Å². The van der Waals surface area contributed by atoms with E-state index in [-0.39, 0.29) is 11.8 Å². The molecule has 3 aromatic carbocycles. The van der Waals surface area contributed by atoms with Crippen molar-refractivity contribution in [1.82, 2.24) is 0 Å². The van der Waals surface area contributed by atoms with Gasteiger partial charge in [0.05, 0.1) is 30.3 Å². The molecule has 4 aromatic rings. The number of nitriles is 1. The normalized spacial score (nSPS) is 14.9. The van der Waals surface area contributed by atoms with Crippen molar-refractivity contribution in [2.45, 2.75) is 31.6 Å². The van der Waals surface area contributed by atoms with Crippen LogP contribution in [0.25, 0.3) is 22.3 Å². The Kier molecular flexibility index (Phi) is 8.18. The van der Waals surface area contributed by atoms with Gasteiger partial charge in [0.2, 0.25) is 5.91 Å². The Morgan fingerprint density at radius 1 is 1.07 bits per heavy atom. The summed E-state index contributed by atoms with van der Waals surface area (Å²) in [6, 6.07) is 24.0. The molecule has 1 aromatic heterocycles. The molecule has 1 aliphatic rings. The van der Waals surface area contributed by atoms with E-state index in [4.69, 9.17) is 16.3 Å².